The van der Waals surface area contributed by atoms with Crippen molar-refractivity contribution in [3.05, 3.63) is 76.6 Å². The first kappa shape index (κ1) is 29.1. The second kappa shape index (κ2) is 13.0. The molecule has 2 aromatic carbocycles. The van der Waals surface area contributed by atoms with Crippen LogP contribution in [0.4, 0.5) is 11.4 Å². The molecule has 0 N–H and O–H groups in total. The molecule has 0 unspecified atom stereocenters. The quantitative estimate of drug-likeness (QED) is 0.177. The van der Waals surface area contributed by atoms with Crippen molar-refractivity contribution in [1.82, 2.24) is 19.6 Å². The Morgan fingerprint density at radius 2 is 1.95 bits per heavy atom. The highest BCUT2D eigenvalue weighted by molar-refractivity contribution is 9.10. The molecule has 1 fully saturated rings. The Hall–Kier alpha value is -3.43. The minimum atomic E-state index is -0.110. The highest BCUT2D eigenvalue weighted by Crippen LogP contribution is 2.37. The molecule has 2 aromatic heterocycles. The molecule has 5 rings (SSSR count). The van der Waals surface area contributed by atoms with Crippen molar-refractivity contribution in [3.8, 4) is 16.8 Å². The number of benzene rings is 2. The molecule has 0 radical (unpaired) electrons. The summed E-state index contributed by atoms with van der Waals surface area (Å²) < 4.78 is 13.6. The number of piperidine rings is 1. The number of rotatable bonds is 10. The number of esters is 1. The number of aryl methyl sites for hydroxylation is 3. The van der Waals surface area contributed by atoms with Crippen molar-refractivity contribution in [3.63, 3.8) is 0 Å². The van der Waals surface area contributed by atoms with Gasteiger partial charge in [0.15, 0.2) is 0 Å². The minimum absolute atomic E-state index is 0.110. The van der Waals surface area contributed by atoms with E-state index in [9.17, 15) is 4.79 Å². The summed E-state index contributed by atoms with van der Waals surface area (Å²) in [5.41, 5.74) is 7.66. The topological polar surface area (TPSA) is 76.6 Å². The van der Waals surface area contributed by atoms with Crippen molar-refractivity contribution in [2.24, 2.45) is 5.92 Å². The molecular formula is C32H38BrN5O3. The molecule has 216 valence electrons. The van der Waals surface area contributed by atoms with Crippen LogP contribution in [0.15, 0.2) is 64.1 Å². The highest BCUT2D eigenvalue weighted by Gasteiger charge is 2.25. The first-order valence-corrected chi connectivity index (χ1v) is 15.1. The molecule has 1 saturated heterocycles. The maximum absolute atomic E-state index is 11.8. The van der Waals surface area contributed by atoms with Crippen LogP contribution < -0.4 is 4.90 Å². The lowest BCUT2D eigenvalue weighted by Gasteiger charge is -2.36. The summed E-state index contributed by atoms with van der Waals surface area (Å²) in [6, 6.07) is 13.2. The van der Waals surface area contributed by atoms with Gasteiger partial charge in [0.2, 0.25) is 0 Å². The molecule has 41 heavy (non-hydrogen) atoms. The fourth-order valence-corrected chi connectivity index (χ4v) is 6.33. The third-order valence-electron chi connectivity index (χ3n) is 7.92. The number of anilines is 2. The molecular weight excluding hydrogens is 582 g/mol. The lowest BCUT2D eigenvalue weighted by atomic mass is 9.94. The molecule has 0 aliphatic carbocycles. The van der Waals surface area contributed by atoms with Gasteiger partial charge in [0.25, 0.3) is 0 Å². The van der Waals surface area contributed by atoms with Gasteiger partial charge in [-0.2, -0.15) is 0 Å². The van der Waals surface area contributed by atoms with Crippen molar-refractivity contribution in [2.45, 2.75) is 47.0 Å². The number of nitrogens with zero attached hydrogens (tertiary/aromatic N) is 5. The van der Waals surface area contributed by atoms with Crippen LogP contribution in [0.3, 0.4) is 0 Å². The number of imidazole rings is 1. The van der Waals surface area contributed by atoms with E-state index in [1.165, 1.54) is 11.3 Å². The first-order chi connectivity index (χ1) is 19.8. The van der Waals surface area contributed by atoms with E-state index in [2.05, 4.69) is 79.2 Å². The van der Waals surface area contributed by atoms with Crippen LogP contribution in [0.25, 0.3) is 16.8 Å². The average Bonchev–Trinajstić information content (AvgIpc) is 3.61. The third kappa shape index (κ3) is 6.73. The van der Waals surface area contributed by atoms with E-state index in [-0.39, 0.29) is 5.97 Å². The van der Waals surface area contributed by atoms with Crippen LogP contribution in [-0.2, 0) is 9.53 Å². The van der Waals surface area contributed by atoms with Gasteiger partial charge < -0.3 is 23.6 Å². The Kier molecular flexibility index (Phi) is 9.25. The van der Waals surface area contributed by atoms with Crippen molar-refractivity contribution in [2.75, 3.05) is 37.7 Å². The molecule has 1 aliphatic heterocycles. The maximum Gasteiger partial charge on any atom is 0.307 e. The van der Waals surface area contributed by atoms with Crippen LogP contribution in [0.1, 0.15) is 43.2 Å². The van der Waals surface area contributed by atoms with E-state index < -0.39 is 0 Å². The van der Waals surface area contributed by atoms with Gasteiger partial charge in [-0.05, 0) is 117 Å². The summed E-state index contributed by atoms with van der Waals surface area (Å²) in [6.07, 6.45) is 8.18. The third-order valence-corrected chi connectivity index (χ3v) is 8.56. The first-order valence-electron chi connectivity index (χ1n) is 14.3. The van der Waals surface area contributed by atoms with Crippen molar-refractivity contribution in [1.29, 1.82) is 0 Å². The summed E-state index contributed by atoms with van der Waals surface area (Å²) in [6.45, 7) is 12.1. The average molecular weight is 621 g/mol. The van der Waals surface area contributed by atoms with E-state index in [4.69, 9.17) is 9.26 Å². The zero-order valence-corrected chi connectivity index (χ0v) is 25.9. The summed E-state index contributed by atoms with van der Waals surface area (Å²) in [7, 11) is 0. The molecule has 1 aliphatic rings. The number of likely N-dealkylation sites (tertiary alicyclic amines) is 1. The summed E-state index contributed by atoms with van der Waals surface area (Å²) >= 11 is 3.82. The van der Waals surface area contributed by atoms with Crippen LogP contribution >= 0.6 is 15.9 Å². The molecule has 4 aromatic rings. The molecule has 0 saturated carbocycles. The van der Waals surface area contributed by atoms with E-state index >= 15 is 0 Å². The summed E-state index contributed by atoms with van der Waals surface area (Å²) in [5, 5.41) is 4.16. The maximum atomic E-state index is 11.8. The number of halogens is 1. The van der Waals surface area contributed by atoms with Gasteiger partial charge in [-0.3, -0.25) is 4.79 Å². The van der Waals surface area contributed by atoms with E-state index in [1.807, 2.05) is 37.9 Å². The molecule has 0 atom stereocenters. The van der Waals surface area contributed by atoms with Gasteiger partial charge in [0, 0.05) is 46.9 Å². The fraction of sp³-hybridized carbons (Fsp3) is 0.406. The normalized spacial score (nSPS) is 14.4. The Morgan fingerprint density at radius 1 is 1.15 bits per heavy atom. The molecule has 3 heterocycles. The Labute approximate surface area is 250 Å². The van der Waals surface area contributed by atoms with E-state index in [0.29, 0.717) is 18.9 Å². The predicted octanol–water partition coefficient (Wildman–Crippen LogP) is 7.02. The van der Waals surface area contributed by atoms with Crippen LogP contribution in [-0.4, -0.2) is 58.4 Å². The smallest absolute Gasteiger partial charge is 0.307 e. The number of carbonyl (C=O) groups excluding carboxylic acids is 1. The number of carbonyl (C=O) groups is 1. The van der Waals surface area contributed by atoms with E-state index in [1.54, 1.807) is 6.20 Å². The van der Waals surface area contributed by atoms with Gasteiger partial charge in [0.05, 0.1) is 30.7 Å². The van der Waals surface area contributed by atoms with Gasteiger partial charge in [0.1, 0.15) is 5.76 Å². The highest BCUT2D eigenvalue weighted by atomic mass is 79.9. The lowest BCUT2D eigenvalue weighted by molar-refractivity contribution is -0.143. The molecule has 9 heteroatoms. The monoisotopic (exact) mass is 619 g/mol. The standard InChI is InChI=1S/C32H38BrN5O3/c1-5-40-31(39)12-16-36-14-10-25(11-15-36)20-38(27-7-9-30(28(33)19-27)37-17-13-34-21-37)29-8-6-26(18-22(29)2)32-23(3)35-41-24(32)4/h6-9,13,17-19,21,25H,5,10-12,14-16,20H2,1-4H3. The SMILES string of the molecule is CCOC(=O)CCN1CCC(CN(c2ccc(-n3ccnc3)c(Br)c2)c2ccc(-c3c(C)noc3C)cc2C)CC1. The fourth-order valence-electron chi connectivity index (χ4n) is 5.76. The van der Waals surface area contributed by atoms with Crippen LogP contribution in [0, 0.1) is 26.7 Å². The van der Waals surface area contributed by atoms with Gasteiger partial charge in [-0.15, -0.1) is 0 Å². The van der Waals surface area contributed by atoms with Crippen LogP contribution in [0.5, 0.6) is 0 Å². The van der Waals surface area contributed by atoms with Gasteiger partial charge in [-0.25, -0.2) is 4.98 Å². The zero-order chi connectivity index (χ0) is 28.9. The zero-order valence-electron chi connectivity index (χ0n) is 24.3. The second-order valence-corrected chi connectivity index (χ2v) is 11.6. The van der Waals surface area contributed by atoms with Gasteiger partial charge in [-0.1, -0.05) is 11.2 Å². The van der Waals surface area contributed by atoms with Crippen molar-refractivity contribution >= 4 is 33.3 Å². The number of hydrogen-bond acceptors (Lipinski definition) is 7. The number of aromatic nitrogens is 3. The molecule has 8 nitrogen and oxygen atoms in total. The van der Waals surface area contributed by atoms with Crippen LogP contribution in [0.2, 0.25) is 0 Å². The Balaban J connectivity index is 1.39. The Bertz CT molecular complexity index is 1460. The minimum Gasteiger partial charge on any atom is -0.466 e. The number of ether oxygens (including phenoxy) is 1. The molecule has 0 bridgehead atoms. The lowest BCUT2D eigenvalue weighted by Crippen LogP contribution is -2.38. The molecule has 0 spiro atoms. The molecule has 0 amide bonds. The second-order valence-electron chi connectivity index (χ2n) is 10.8. The van der Waals surface area contributed by atoms with E-state index in [0.717, 1.165) is 77.4 Å². The number of hydrogen-bond donors (Lipinski definition) is 0. The Morgan fingerprint density at radius 3 is 2.59 bits per heavy atom. The summed E-state index contributed by atoms with van der Waals surface area (Å²) in [4.78, 5) is 20.9. The summed E-state index contributed by atoms with van der Waals surface area (Å²) in [5.74, 6) is 1.25. The van der Waals surface area contributed by atoms with Gasteiger partial charge >= 0.3 is 5.97 Å². The largest absolute Gasteiger partial charge is 0.466 e. The predicted molar refractivity (Wildman–Crippen MR) is 165 cm³/mol. The van der Waals surface area contributed by atoms with Crippen molar-refractivity contribution < 1.29 is 14.1 Å².